The summed E-state index contributed by atoms with van der Waals surface area (Å²) >= 11 is 3.43. The maximum Gasteiger partial charge on any atom is 0.233 e. The molecule has 6 heteroatoms. The number of rotatable bonds is 4. The Balaban J connectivity index is 1.68. The number of hydrogen-bond acceptors (Lipinski definition) is 4. The second-order valence-corrected chi connectivity index (χ2v) is 7.29. The molecule has 0 aliphatic carbocycles. The number of imidazole rings is 1. The molecule has 1 atom stereocenters. The summed E-state index contributed by atoms with van der Waals surface area (Å²) < 4.78 is 1.94. The summed E-state index contributed by atoms with van der Waals surface area (Å²) in [6.07, 6.45) is 3.66. The van der Waals surface area contributed by atoms with E-state index in [0.717, 1.165) is 23.2 Å². The van der Waals surface area contributed by atoms with Crippen LogP contribution in [0.15, 0.2) is 47.9 Å². The van der Waals surface area contributed by atoms with Gasteiger partial charge in [0.15, 0.2) is 5.16 Å². The molecule has 2 heterocycles. The standard InChI is InChI=1S/C16H19N3OS2/c1-18-8-7-17-16(18)22-12-15(20)19-9-10-21-11-14(19)13-5-3-2-4-6-13/h2-8,14H,9-12H2,1H3/t14-/m0/s1. The third kappa shape index (κ3) is 3.50. The Bertz CT molecular complexity index is 629. The highest BCUT2D eigenvalue weighted by Gasteiger charge is 2.28. The summed E-state index contributed by atoms with van der Waals surface area (Å²) in [5.41, 5.74) is 1.23. The fourth-order valence-electron chi connectivity index (χ4n) is 2.55. The minimum atomic E-state index is 0.189. The lowest BCUT2D eigenvalue weighted by Gasteiger charge is -2.35. The van der Waals surface area contributed by atoms with E-state index in [1.54, 1.807) is 6.20 Å². The average Bonchev–Trinajstić information content (AvgIpc) is 2.98. The minimum Gasteiger partial charge on any atom is -0.333 e. The van der Waals surface area contributed by atoms with Crippen LogP contribution in [0.2, 0.25) is 0 Å². The van der Waals surface area contributed by atoms with Crippen LogP contribution in [0.3, 0.4) is 0 Å². The highest BCUT2D eigenvalue weighted by molar-refractivity contribution is 8.00. The number of nitrogens with zero attached hydrogens (tertiary/aromatic N) is 3. The van der Waals surface area contributed by atoms with Crippen molar-refractivity contribution in [1.82, 2.24) is 14.5 Å². The van der Waals surface area contributed by atoms with Crippen molar-refractivity contribution < 1.29 is 4.79 Å². The van der Waals surface area contributed by atoms with Crippen molar-refractivity contribution in [3.05, 3.63) is 48.3 Å². The molecule has 1 aliphatic rings. The Morgan fingerprint density at radius 1 is 1.41 bits per heavy atom. The van der Waals surface area contributed by atoms with Gasteiger partial charge in [-0.25, -0.2) is 4.98 Å². The molecule has 116 valence electrons. The highest BCUT2D eigenvalue weighted by Crippen LogP contribution is 2.30. The monoisotopic (exact) mass is 333 g/mol. The molecule has 4 nitrogen and oxygen atoms in total. The van der Waals surface area contributed by atoms with E-state index < -0.39 is 0 Å². The van der Waals surface area contributed by atoms with E-state index in [4.69, 9.17) is 0 Å². The normalized spacial score (nSPS) is 18.4. The van der Waals surface area contributed by atoms with Crippen LogP contribution in [0.5, 0.6) is 0 Å². The summed E-state index contributed by atoms with van der Waals surface area (Å²) in [5.74, 6) is 2.63. The number of carbonyl (C=O) groups excluding carboxylic acids is 1. The van der Waals surface area contributed by atoms with Crippen molar-refractivity contribution in [3.63, 3.8) is 0 Å². The first-order valence-corrected chi connectivity index (χ1v) is 9.42. The van der Waals surface area contributed by atoms with Gasteiger partial charge >= 0.3 is 0 Å². The molecule has 1 fully saturated rings. The minimum absolute atomic E-state index is 0.189. The van der Waals surface area contributed by atoms with Crippen LogP contribution in [-0.2, 0) is 11.8 Å². The molecule has 0 spiro atoms. The molecule has 3 rings (SSSR count). The van der Waals surface area contributed by atoms with Crippen molar-refractivity contribution >= 4 is 29.4 Å². The quantitative estimate of drug-likeness (QED) is 0.807. The van der Waals surface area contributed by atoms with E-state index in [1.165, 1.54) is 17.3 Å². The number of carbonyl (C=O) groups is 1. The van der Waals surface area contributed by atoms with Crippen molar-refractivity contribution in [3.8, 4) is 0 Å². The zero-order valence-corrected chi connectivity index (χ0v) is 14.1. The highest BCUT2D eigenvalue weighted by atomic mass is 32.2. The fraction of sp³-hybridized carbons (Fsp3) is 0.375. The van der Waals surface area contributed by atoms with Gasteiger partial charge in [-0.05, 0) is 5.56 Å². The van der Waals surface area contributed by atoms with Crippen molar-refractivity contribution in [2.45, 2.75) is 11.2 Å². The molecular weight excluding hydrogens is 314 g/mol. The third-order valence-corrected chi connectivity index (χ3v) is 5.80. The number of thioether (sulfide) groups is 2. The Morgan fingerprint density at radius 2 is 2.23 bits per heavy atom. The van der Waals surface area contributed by atoms with Crippen LogP contribution in [0.1, 0.15) is 11.6 Å². The Labute approximate surface area is 139 Å². The molecule has 1 saturated heterocycles. The number of benzene rings is 1. The lowest BCUT2D eigenvalue weighted by atomic mass is 10.1. The van der Waals surface area contributed by atoms with Gasteiger partial charge in [0.2, 0.25) is 5.91 Å². The summed E-state index contributed by atoms with van der Waals surface area (Å²) in [7, 11) is 1.95. The molecule has 0 N–H and O–H groups in total. The van der Waals surface area contributed by atoms with Gasteiger partial charge < -0.3 is 9.47 Å². The van der Waals surface area contributed by atoms with E-state index in [-0.39, 0.29) is 11.9 Å². The van der Waals surface area contributed by atoms with Gasteiger partial charge in [0.1, 0.15) is 0 Å². The molecule has 1 aliphatic heterocycles. The van der Waals surface area contributed by atoms with Gasteiger partial charge in [-0.15, -0.1) is 0 Å². The van der Waals surface area contributed by atoms with Gasteiger partial charge in [0, 0.05) is 37.5 Å². The van der Waals surface area contributed by atoms with E-state index in [1.807, 2.05) is 52.7 Å². The molecule has 2 aromatic rings. The Kier molecular flexibility index (Phi) is 5.10. The molecule has 0 bridgehead atoms. The molecular formula is C16H19N3OS2. The smallest absolute Gasteiger partial charge is 0.233 e. The maximum atomic E-state index is 12.6. The van der Waals surface area contributed by atoms with Crippen LogP contribution in [0, 0.1) is 0 Å². The first-order valence-electron chi connectivity index (χ1n) is 7.28. The maximum absolute atomic E-state index is 12.6. The topological polar surface area (TPSA) is 38.1 Å². The van der Waals surface area contributed by atoms with Gasteiger partial charge in [-0.1, -0.05) is 42.1 Å². The molecule has 0 saturated carbocycles. The second-order valence-electron chi connectivity index (χ2n) is 5.20. The summed E-state index contributed by atoms with van der Waals surface area (Å²) in [6, 6.07) is 10.5. The van der Waals surface area contributed by atoms with E-state index >= 15 is 0 Å². The van der Waals surface area contributed by atoms with Gasteiger partial charge in [0.25, 0.3) is 0 Å². The van der Waals surface area contributed by atoms with Gasteiger partial charge in [0.05, 0.1) is 11.8 Å². The Hall–Kier alpha value is -1.40. The molecule has 1 aromatic carbocycles. The number of aryl methyl sites for hydroxylation is 1. The van der Waals surface area contributed by atoms with Crippen LogP contribution in [-0.4, -0.2) is 44.2 Å². The summed E-state index contributed by atoms with van der Waals surface area (Å²) in [6.45, 7) is 0.824. The largest absolute Gasteiger partial charge is 0.333 e. The van der Waals surface area contributed by atoms with Crippen LogP contribution >= 0.6 is 23.5 Å². The van der Waals surface area contributed by atoms with Crippen molar-refractivity contribution in [1.29, 1.82) is 0 Å². The van der Waals surface area contributed by atoms with Crippen molar-refractivity contribution in [2.24, 2.45) is 7.05 Å². The number of amides is 1. The first-order chi connectivity index (χ1) is 10.8. The Morgan fingerprint density at radius 3 is 2.95 bits per heavy atom. The zero-order valence-electron chi connectivity index (χ0n) is 12.5. The van der Waals surface area contributed by atoms with E-state index in [0.29, 0.717) is 5.75 Å². The van der Waals surface area contributed by atoms with E-state index in [9.17, 15) is 4.79 Å². The predicted octanol–water partition coefficient (Wildman–Crippen LogP) is 2.83. The lowest BCUT2D eigenvalue weighted by molar-refractivity contribution is -0.130. The average molecular weight is 333 g/mol. The predicted molar refractivity (Wildman–Crippen MR) is 92.2 cm³/mol. The van der Waals surface area contributed by atoms with Crippen LogP contribution in [0.25, 0.3) is 0 Å². The molecule has 1 aromatic heterocycles. The zero-order chi connectivity index (χ0) is 15.4. The molecule has 1 amide bonds. The molecule has 0 unspecified atom stereocenters. The van der Waals surface area contributed by atoms with Crippen LogP contribution in [0.4, 0.5) is 0 Å². The molecule has 22 heavy (non-hydrogen) atoms. The van der Waals surface area contributed by atoms with Gasteiger partial charge in [-0.2, -0.15) is 11.8 Å². The molecule has 0 radical (unpaired) electrons. The number of hydrogen-bond donors (Lipinski definition) is 0. The van der Waals surface area contributed by atoms with Crippen molar-refractivity contribution in [2.75, 3.05) is 23.8 Å². The number of aromatic nitrogens is 2. The second kappa shape index (κ2) is 7.24. The lowest BCUT2D eigenvalue weighted by Crippen LogP contribution is -2.41. The summed E-state index contributed by atoms with van der Waals surface area (Å²) in [5, 5.41) is 0.885. The van der Waals surface area contributed by atoms with E-state index in [2.05, 4.69) is 17.1 Å². The fourth-order valence-corrected chi connectivity index (χ4v) is 4.46. The third-order valence-electron chi connectivity index (χ3n) is 3.73. The SMILES string of the molecule is Cn1ccnc1SCC(=O)N1CCSC[C@H]1c1ccccc1. The van der Waals surface area contributed by atoms with Crippen LogP contribution < -0.4 is 0 Å². The first kappa shape index (κ1) is 15.5. The van der Waals surface area contributed by atoms with Gasteiger partial charge in [-0.3, -0.25) is 4.79 Å². The summed E-state index contributed by atoms with van der Waals surface area (Å²) in [4.78, 5) is 18.9.